The maximum absolute atomic E-state index is 11.5. The molecule has 2 atom stereocenters. The SMILES string of the molecule is C[C@@H]1C[C@@H]1C(=O)OCC(=O)NCCc1cccc(Cl)c1. The van der Waals surface area contributed by atoms with Crippen molar-refractivity contribution in [2.45, 2.75) is 19.8 Å². The molecule has 0 heterocycles. The van der Waals surface area contributed by atoms with Gasteiger partial charge in [0.05, 0.1) is 5.92 Å². The zero-order valence-corrected chi connectivity index (χ0v) is 12.2. The molecule has 0 saturated heterocycles. The van der Waals surface area contributed by atoms with Gasteiger partial charge in [-0.3, -0.25) is 9.59 Å². The molecule has 20 heavy (non-hydrogen) atoms. The summed E-state index contributed by atoms with van der Waals surface area (Å²) in [5.41, 5.74) is 1.06. The molecule has 1 N–H and O–H groups in total. The Bertz CT molecular complexity index is 504. The monoisotopic (exact) mass is 295 g/mol. The molecule has 1 saturated carbocycles. The van der Waals surface area contributed by atoms with Gasteiger partial charge in [0, 0.05) is 11.6 Å². The molecule has 0 spiro atoms. The Balaban J connectivity index is 1.61. The first-order valence-corrected chi connectivity index (χ1v) is 7.12. The van der Waals surface area contributed by atoms with Crippen LogP contribution in [0.15, 0.2) is 24.3 Å². The Kier molecular flexibility index (Phi) is 5.01. The minimum Gasteiger partial charge on any atom is -0.455 e. The molecule has 5 heteroatoms. The number of halogens is 1. The second-order valence-electron chi connectivity index (χ2n) is 5.16. The van der Waals surface area contributed by atoms with E-state index in [2.05, 4.69) is 5.32 Å². The van der Waals surface area contributed by atoms with Crippen molar-refractivity contribution in [3.8, 4) is 0 Å². The lowest BCUT2D eigenvalue weighted by atomic mass is 10.1. The van der Waals surface area contributed by atoms with Crippen LogP contribution in [0.4, 0.5) is 0 Å². The van der Waals surface area contributed by atoms with Crippen LogP contribution in [0.2, 0.25) is 5.02 Å². The van der Waals surface area contributed by atoms with Gasteiger partial charge in [-0.2, -0.15) is 0 Å². The number of esters is 1. The number of amides is 1. The molecule has 0 radical (unpaired) electrons. The average molecular weight is 296 g/mol. The van der Waals surface area contributed by atoms with E-state index < -0.39 is 0 Å². The quantitative estimate of drug-likeness (QED) is 0.819. The van der Waals surface area contributed by atoms with Gasteiger partial charge in [0.1, 0.15) is 0 Å². The fourth-order valence-electron chi connectivity index (χ4n) is 1.98. The van der Waals surface area contributed by atoms with Crippen LogP contribution in [0.1, 0.15) is 18.9 Å². The number of carbonyl (C=O) groups excluding carboxylic acids is 2. The fraction of sp³-hybridized carbons (Fsp3) is 0.467. The summed E-state index contributed by atoms with van der Waals surface area (Å²) in [5.74, 6) is -0.140. The van der Waals surface area contributed by atoms with Crippen molar-refractivity contribution in [1.82, 2.24) is 5.32 Å². The highest BCUT2D eigenvalue weighted by molar-refractivity contribution is 6.30. The van der Waals surface area contributed by atoms with Gasteiger partial charge in [0.2, 0.25) is 0 Å². The van der Waals surface area contributed by atoms with Crippen LogP contribution in [-0.2, 0) is 20.7 Å². The van der Waals surface area contributed by atoms with E-state index in [4.69, 9.17) is 16.3 Å². The number of hydrogen-bond donors (Lipinski definition) is 1. The molecule has 1 aromatic carbocycles. The van der Waals surface area contributed by atoms with Gasteiger partial charge in [-0.05, 0) is 36.5 Å². The Morgan fingerprint density at radius 3 is 2.85 bits per heavy atom. The van der Waals surface area contributed by atoms with E-state index in [1.54, 1.807) is 0 Å². The Morgan fingerprint density at radius 1 is 1.45 bits per heavy atom. The van der Waals surface area contributed by atoms with Crippen LogP contribution >= 0.6 is 11.6 Å². The number of carbonyl (C=O) groups is 2. The summed E-state index contributed by atoms with van der Waals surface area (Å²) >= 11 is 5.87. The first-order valence-electron chi connectivity index (χ1n) is 6.74. The van der Waals surface area contributed by atoms with Crippen molar-refractivity contribution in [2.24, 2.45) is 11.8 Å². The van der Waals surface area contributed by atoms with Crippen molar-refractivity contribution >= 4 is 23.5 Å². The number of benzene rings is 1. The lowest BCUT2D eigenvalue weighted by Gasteiger charge is -2.06. The Labute approximate surface area is 123 Å². The molecular formula is C15H18ClNO3. The van der Waals surface area contributed by atoms with Gasteiger partial charge in [0.25, 0.3) is 5.91 Å². The van der Waals surface area contributed by atoms with Crippen LogP contribution in [0, 0.1) is 11.8 Å². The molecule has 1 amide bonds. The summed E-state index contributed by atoms with van der Waals surface area (Å²) in [6, 6.07) is 7.49. The molecule has 0 bridgehead atoms. The summed E-state index contributed by atoms with van der Waals surface area (Å²) < 4.78 is 4.95. The van der Waals surface area contributed by atoms with Gasteiger partial charge in [0.15, 0.2) is 6.61 Å². The van der Waals surface area contributed by atoms with Gasteiger partial charge in [-0.1, -0.05) is 30.7 Å². The second kappa shape index (κ2) is 6.75. The predicted octanol–water partition coefficient (Wildman–Crippen LogP) is 2.20. The predicted molar refractivity (Wildman–Crippen MR) is 76.4 cm³/mol. The van der Waals surface area contributed by atoms with Crippen LogP contribution in [0.3, 0.4) is 0 Å². The highest BCUT2D eigenvalue weighted by Gasteiger charge is 2.40. The van der Waals surface area contributed by atoms with Gasteiger partial charge < -0.3 is 10.1 Å². The standard InChI is InChI=1S/C15H18ClNO3/c1-10-7-13(10)15(19)20-9-14(18)17-6-5-11-3-2-4-12(16)8-11/h2-4,8,10,13H,5-7,9H2,1H3,(H,17,18)/t10-,13+/m1/s1. The first kappa shape index (κ1) is 14.9. The average Bonchev–Trinajstić information content (AvgIpc) is 3.13. The summed E-state index contributed by atoms with van der Waals surface area (Å²) in [7, 11) is 0. The molecule has 4 nitrogen and oxygen atoms in total. The van der Waals surface area contributed by atoms with Crippen molar-refractivity contribution in [3.05, 3.63) is 34.9 Å². The van der Waals surface area contributed by atoms with E-state index in [-0.39, 0.29) is 24.4 Å². The molecule has 0 unspecified atom stereocenters. The van der Waals surface area contributed by atoms with E-state index in [1.165, 1.54) is 0 Å². The van der Waals surface area contributed by atoms with Crippen molar-refractivity contribution in [2.75, 3.05) is 13.2 Å². The lowest BCUT2D eigenvalue weighted by Crippen LogP contribution is -2.30. The van der Waals surface area contributed by atoms with Crippen LogP contribution in [0.25, 0.3) is 0 Å². The van der Waals surface area contributed by atoms with Gasteiger partial charge in [-0.15, -0.1) is 0 Å². The van der Waals surface area contributed by atoms with Crippen LogP contribution < -0.4 is 5.32 Å². The smallest absolute Gasteiger partial charge is 0.309 e. The molecule has 0 aliphatic heterocycles. The second-order valence-corrected chi connectivity index (χ2v) is 5.59. The molecule has 108 valence electrons. The molecule has 1 aromatic rings. The number of nitrogens with one attached hydrogen (secondary N) is 1. The van der Waals surface area contributed by atoms with Gasteiger partial charge in [-0.25, -0.2) is 0 Å². The number of hydrogen-bond acceptors (Lipinski definition) is 3. The molecule has 1 aliphatic rings. The highest BCUT2D eigenvalue weighted by atomic mass is 35.5. The Hall–Kier alpha value is -1.55. The van der Waals surface area contributed by atoms with Crippen LogP contribution in [0.5, 0.6) is 0 Å². The normalized spacial score (nSPS) is 20.3. The third-order valence-corrected chi connectivity index (χ3v) is 3.62. The summed E-state index contributed by atoms with van der Waals surface area (Å²) in [6.45, 7) is 2.30. The summed E-state index contributed by atoms with van der Waals surface area (Å²) in [5, 5.41) is 3.40. The zero-order valence-electron chi connectivity index (χ0n) is 11.4. The lowest BCUT2D eigenvalue weighted by molar-refractivity contribution is -0.150. The molecule has 2 rings (SSSR count). The van der Waals surface area contributed by atoms with Crippen molar-refractivity contribution < 1.29 is 14.3 Å². The highest BCUT2D eigenvalue weighted by Crippen LogP contribution is 2.38. The maximum atomic E-state index is 11.5. The first-order chi connectivity index (χ1) is 9.56. The van der Waals surface area contributed by atoms with E-state index in [1.807, 2.05) is 31.2 Å². The minimum atomic E-state index is -0.270. The third kappa shape index (κ3) is 4.53. The topological polar surface area (TPSA) is 55.4 Å². The van der Waals surface area contributed by atoms with E-state index in [9.17, 15) is 9.59 Å². The van der Waals surface area contributed by atoms with E-state index in [0.717, 1.165) is 12.0 Å². The third-order valence-electron chi connectivity index (χ3n) is 3.38. The van der Waals surface area contributed by atoms with Crippen molar-refractivity contribution in [1.29, 1.82) is 0 Å². The van der Waals surface area contributed by atoms with E-state index in [0.29, 0.717) is 23.9 Å². The Morgan fingerprint density at radius 2 is 2.20 bits per heavy atom. The largest absolute Gasteiger partial charge is 0.455 e. The summed E-state index contributed by atoms with van der Waals surface area (Å²) in [4.78, 5) is 23.0. The fourth-order valence-corrected chi connectivity index (χ4v) is 2.20. The summed E-state index contributed by atoms with van der Waals surface area (Å²) in [6.07, 6.45) is 1.56. The van der Waals surface area contributed by atoms with Crippen molar-refractivity contribution in [3.63, 3.8) is 0 Å². The van der Waals surface area contributed by atoms with Crippen LogP contribution in [-0.4, -0.2) is 25.0 Å². The minimum absolute atomic E-state index is 0.00531. The zero-order chi connectivity index (χ0) is 14.5. The molecule has 1 fully saturated rings. The number of rotatable bonds is 6. The maximum Gasteiger partial charge on any atom is 0.309 e. The molecule has 0 aromatic heterocycles. The van der Waals surface area contributed by atoms with Gasteiger partial charge >= 0.3 is 5.97 Å². The molecule has 1 aliphatic carbocycles. The van der Waals surface area contributed by atoms with E-state index >= 15 is 0 Å². The molecular weight excluding hydrogens is 278 g/mol. The number of ether oxygens (including phenoxy) is 1.